The van der Waals surface area contributed by atoms with E-state index >= 15 is 0 Å². The number of hydrogen-bond donors (Lipinski definition) is 1. The third-order valence-electron chi connectivity index (χ3n) is 1.80. The van der Waals surface area contributed by atoms with Gasteiger partial charge in [0.1, 0.15) is 0 Å². The molecular formula is C13H21N3S. The fourth-order valence-corrected chi connectivity index (χ4v) is 1.27. The van der Waals surface area contributed by atoms with Gasteiger partial charge in [-0.25, -0.2) is 0 Å². The summed E-state index contributed by atoms with van der Waals surface area (Å²) in [5.41, 5.74) is 2.53. The van der Waals surface area contributed by atoms with Crippen LogP contribution >= 0.6 is 12.6 Å². The highest BCUT2D eigenvalue weighted by atomic mass is 32.1. The largest absolute Gasteiger partial charge is 0.378 e. The zero-order valence-electron chi connectivity index (χ0n) is 11.2. The molecule has 94 valence electrons. The highest BCUT2D eigenvalue weighted by molar-refractivity contribution is 7.80. The summed E-state index contributed by atoms with van der Waals surface area (Å²) < 4.78 is 0. The molecule has 0 heterocycles. The van der Waals surface area contributed by atoms with E-state index in [1.54, 1.807) is 6.92 Å². The molecule has 17 heavy (non-hydrogen) atoms. The molecule has 4 heteroatoms. The van der Waals surface area contributed by atoms with Crippen LogP contribution in [0.1, 0.15) is 20.8 Å². The molecule has 0 unspecified atom stereocenters. The topological polar surface area (TPSA) is 28.0 Å². The Bertz CT molecular complexity index is 398. The minimum absolute atomic E-state index is 0.680. The lowest BCUT2D eigenvalue weighted by Gasteiger charge is -2.12. The average molecular weight is 251 g/mol. The number of allylic oxidation sites excluding steroid dienone is 1. The normalized spacial score (nSPS) is 9.76. The summed E-state index contributed by atoms with van der Waals surface area (Å²) in [4.78, 5) is 2.82. The molecule has 0 saturated heterocycles. The van der Waals surface area contributed by atoms with E-state index in [9.17, 15) is 0 Å². The molecule has 0 N–H and O–H groups in total. The molecule has 0 amide bonds. The molecule has 0 saturated carbocycles. The molecule has 0 radical (unpaired) electrons. The molecule has 1 aromatic rings. The summed E-state index contributed by atoms with van der Waals surface area (Å²) >= 11 is 4.35. The monoisotopic (exact) mass is 251 g/mol. The Hall–Kier alpha value is -1.29. The van der Waals surface area contributed by atoms with Gasteiger partial charge in [0.05, 0.1) is 11.4 Å². The summed E-state index contributed by atoms with van der Waals surface area (Å²) in [5.74, 6) is 0. The molecule has 0 aromatic heterocycles. The summed E-state index contributed by atoms with van der Waals surface area (Å²) in [7, 11) is 3.97. The first-order valence-corrected chi connectivity index (χ1v) is 6.03. The van der Waals surface area contributed by atoms with Gasteiger partial charge in [-0.05, 0) is 25.1 Å². The van der Waals surface area contributed by atoms with Crippen molar-refractivity contribution in [1.29, 1.82) is 0 Å². The summed E-state index contributed by atoms with van der Waals surface area (Å²) in [6.07, 6.45) is 0. The lowest BCUT2D eigenvalue weighted by Crippen LogP contribution is -2.08. The van der Waals surface area contributed by atoms with Crippen molar-refractivity contribution in [3.63, 3.8) is 0 Å². The zero-order valence-corrected chi connectivity index (χ0v) is 12.1. The molecule has 0 atom stereocenters. The lowest BCUT2D eigenvalue weighted by atomic mass is 10.3. The first-order chi connectivity index (χ1) is 8.00. The SMILES string of the molecule is C=C(C)N=Nc1ccc(N(C)C)cc1S.CC. The second kappa shape index (κ2) is 7.90. The average Bonchev–Trinajstić information content (AvgIpc) is 2.29. The van der Waals surface area contributed by atoms with Gasteiger partial charge >= 0.3 is 0 Å². The smallest absolute Gasteiger partial charge is 0.0991 e. The van der Waals surface area contributed by atoms with Gasteiger partial charge in [0, 0.05) is 24.7 Å². The van der Waals surface area contributed by atoms with Crippen molar-refractivity contribution >= 4 is 24.0 Å². The quantitative estimate of drug-likeness (QED) is 0.613. The van der Waals surface area contributed by atoms with Crippen molar-refractivity contribution in [2.75, 3.05) is 19.0 Å². The third kappa shape index (κ3) is 5.54. The van der Waals surface area contributed by atoms with E-state index in [0.29, 0.717) is 5.70 Å². The van der Waals surface area contributed by atoms with Gasteiger partial charge in [0.2, 0.25) is 0 Å². The molecule has 0 aliphatic rings. The van der Waals surface area contributed by atoms with E-state index in [-0.39, 0.29) is 0 Å². The Balaban J connectivity index is 0.00000121. The molecule has 3 nitrogen and oxygen atoms in total. The Morgan fingerprint density at radius 3 is 2.29 bits per heavy atom. The summed E-state index contributed by atoms with van der Waals surface area (Å²) in [6.45, 7) is 9.45. The highest BCUT2D eigenvalue weighted by Gasteiger charge is 2.00. The van der Waals surface area contributed by atoms with Crippen molar-refractivity contribution in [2.24, 2.45) is 10.2 Å². The maximum atomic E-state index is 4.35. The van der Waals surface area contributed by atoms with Crippen LogP contribution < -0.4 is 4.90 Å². The first kappa shape index (κ1) is 15.7. The summed E-state index contributed by atoms with van der Waals surface area (Å²) in [5, 5.41) is 7.93. The van der Waals surface area contributed by atoms with E-state index in [4.69, 9.17) is 0 Å². The molecule has 0 bridgehead atoms. The van der Waals surface area contributed by atoms with Crippen molar-refractivity contribution in [3.05, 3.63) is 30.5 Å². The van der Waals surface area contributed by atoms with E-state index < -0.39 is 0 Å². The van der Waals surface area contributed by atoms with Gasteiger partial charge in [-0.1, -0.05) is 20.4 Å². The first-order valence-electron chi connectivity index (χ1n) is 5.58. The molecule has 0 spiro atoms. The van der Waals surface area contributed by atoms with Crippen LogP contribution in [-0.2, 0) is 0 Å². The van der Waals surface area contributed by atoms with Crippen molar-refractivity contribution in [2.45, 2.75) is 25.7 Å². The fraction of sp³-hybridized carbons (Fsp3) is 0.385. The van der Waals surface area contributed by atoms with Crippen LogP contribution in [0.3, 0.4) is 0 Å². The number of anilines is 1. The minimum atomic E-state index is 0.680. The van der Waals surface area contributed by atoms with Crippen molar-refractivity contribution in [3.8, 4) is 0 Å². The van der Waals surface area contributed by atoms with Crippen molar-refractivity contribution < 1.29 is 0 Å². The van der Waals surface area contributed by atoms with Crippen LogP contribution in [0.15, 0.2) is 45.6 Å². The summed E-state index contributed by atoms with van der Waals surface area (Å²) in [6, 6.07) is 5.83. The van der Waals surface area contributed by atoms with E-state index in [0.717, 1.165) is 16.3 Å². The predicted octanol–water partition coefficient (Wildman–Crippen LogP) is 4.68. The number of hydrogen-bond acceptors (Lipinski definition) is 4. The number of nitrogens with zero attached hydrogens (tertiary/aromatic N) is 3. The third-order valence-corrected chi connectivity index (χ3v) is 2.16. The Morgan fingerprint density at radius 1 is 1.29 bits per heavy atom. The molecule has 0 aliphatic heterocycles. The standard InChI is InChI=1S/C11H15N3S.C2H6/c1-8(2)12-13-10-6-5-9(14(3)4)7-11(10)15;1-2/h5-7,15H,1H2,2-4H3;1-2H3. The Kier molecular flexibility index (Phi) is 7.30. The maximum Gasteiger partial charge on any atom is 0.0991 e. The molecule has 1 aromatic carbocycles. The minimum Gasteiger partial charge on any atom is -0.378 e. The zero-order chi connectivity index (χ0) is 13.4. The second-order valence-corrected chi connectivity index (χ2v) is 3.98. The number of azo groups is 1. The van der Waals surface area contributed by atoms with Gasteiger partial charge < -0.3 is 4.90 Å². The van der Waals surface area contributed by atoms with Crippen LogP contribution in [0, 0.1) is 0 Å². The van der Waals surface area contributed by atoms with E-state index in [1.807, 2.05) is 51.0 Å². The van der Waals surface area contributed by atoms with E-state index in [1.165, 1.54) is 0 Å². The lowest BCUT2D eigenvalue weighted by molar-refractivity contribution is 1.09. The van der Waals surface area contributed by atoms with E-state index in [2.05, 4.69) is 29.4 Å². The van der Waals surface area contributed by atoms with Crippen LogP contribution in [0.25, 0.3) is 0 Å². The van der Waals surface area contributed by atoms with Crippen LogP contribution in [-0.4, -0.2) is 14.1 Å². The molecule has 0 aliphatic carbocycles. The number of rotatable bonds is 3. The number of thiol groups is 1. The maximum absolute atomic E-state index is 4.35. The second-order valence-electron chi connectivity index (χ2n) is 3.50. The van der Waals surface area contributed by atoms with Gasteiger partial charge in [0.15, 0.2) is 0 Å². The van der Waals surface area contributed by atoms with Gasteiger partial charge in [-0.3, -0.25) is 0 Å². The van der Waals surface area contributed by atoms with Crippen LogP contribution in [0.5, 0.6) is 0 Å². The highest BCUT2D eigenvalue weighted by Crippen LogP contribution is 2.28. The van der Waals surface area contributed by atoms with Crippen LogP contribution in [0.2, 0.25) is 0 Å². The molecule has 1 rings (SSSR count). The van der Waals surface area contributed by atoms with Crippen LogP contribution in [0.4, 0.5) is 11.4 Å². The Labute approximate surface area is 110 Å². The predicted molar refractivity (Wildman–Crippen MR) is 78.7 cm³/mol. The molecule has 0 fully saturated rings. The van der Waals surface area contributed by atoms with Gasteiger partial charge in [0.25, 0.3) is 0 Å². The van der Waals surface area contributed by atoms with Crippen molar-refractivity contribution in [1.82, 2.24) is 0 Å². The number of benzene rings is 1. The Morgan fingerprint density at radius 2 is 1.88 bits per heavy atom. The van der Waals surface area contributed by atoms with Gasteiger partial charge in [-0.2, -0.15) is 5.11 Å². The van der Waals surface area contributed by atoms with Gasteiger partial charge in [-0.15, -0.1) is 17.7 Å². The fourth-order valence-electron chi connectivity index (χ4n) is 1.01. The molecular weight excluding hydrogens is 230 g/mol.